The minimum atomic E-state index is -0.665. The SMILES string of the molecule is C[C@@H]1CC2C3CC(F)=C4CC(=O)C=C[C@]4(C)C3[C@@H](O)C[C@]2(C)[C@H]1C(=O)CO. The zero-order valence-corrected chi connectivity index (χ0v) is 16.2. The van der Waals surface area contributed by atoms with Crippen molar-refractivity contribution < 1.29 is 24.2 Å². The van der Waals surface area contributed by atoms with Gasteiger partial charge in [-0.1, -0.05) is 26.8 Å². The van der Waals surface area contributed by atoms with Gasteiger partial charge in [0.05, 0.1) is 6.10 Å². The number of allylic oxidation sites excluding steroid dienone is 4. The summed E-state index contributed by atoms with van der Waals surface area (Å²) in [5, 5.41) is 20.7. The smallest absolute Gasteiger partial charge is 0.162 e. The first kappa shape index (κ1) is 19.0. The first-order valence-corrected chi connectivity index (χ1v) is 10.0. The summed E-state index contributed by atoms with van der Waals surface area (Å²) in [6.45, 7) is 5.54. The van der Waals surface area contributed by atoms with Gasteiger partial charge in [-0.15, -0.1) is 0 Å². The number of carbonyl (C=O) groups excluding carboxylic acids is 2. The number of carbonyl (C=O) groups is 2. The minimum absolute atomic E-state index is 0.0655. The topological polar surface area (TPSA) is 74.6 Å². The highest BCUT2D eigenvalue weighted by Crippen LogP contribution is 2.67. The predicted octanol–water partition coefficient (Wildman–Crippen LogP) is 2.99. The van der Waals surface area contributed by atoms with E-state index < -0.39 is 23.5 Å². The molecule has 4 nitrogen and oxygen atoms in total. The van der Waals surface area contributed by atoms with Crippen LogP contribution < -0.4 is 0 Å². The van der Waals surface area contributed by atoms with Crippen molar-refractivity contribution in [2.75, 3.05) is 6.61 Å². The fraction of sp³-hybridized carbons (Fsp3) is 0.727. The van der Waals surface area contributed by atoms with Crippen molar-refractivity contribution in [3.05, 3.63) is 23.6 Å². The van der Waals surface area contributed by atoms with Gasteiger partial charge in [-0.05, 0) is 47.7 Å². The van der Waals surface area contributed by atoms with Crippen molar-refractivity contribution >= 4 is 11.6 Å². The van der Waals surface area contributed by atoms with Crippen molar-refractivity contribution in [1.29, 1.82) is 0 Å². The number of hydrogen-bond acceptors (Lipinski definition) is 4. The molecular weight excluding hydrogens is 347 g/mol. The van der Waals surface area contributed by atoms with Crippen molar-refractivity contribution in [1.82, 2.24) is 0 Å². The average molecular weight is 376 g/mol. The van der Waals surface area contributed by atoms with Crippen LogP contribution in [0.25, 0.3) is 0 Å². The molecule has 0 amide bonds. The molecule has 0 aliphatic heterocycles. The van der Waals surface area contributed by atoms with Gasteiger partial charge in [0.25, 0.3) is 0 Å². The Bertz CT molecular complexity index is 755. The molecule has 4 aliphatic carbocycles. The molecule has 0 heterocycles. The first-order chi connectivity index (χ1) is 12.6. The predicted molar refractivity (Wildman–Crippen MR) is 98.2 cm³/mol. The second kappa shape index (κ2) is 6.08. The number of aliphatic hydroxyl groups excluding tert-OH is 2. The molecule has 8 atom stereocenters. The van der Waals surface area contributed by atoms with Crippen LogP contribution in [0.4, 0.5) is 4.39 Å². The first-order valence-electron chi connectivity index (χ1n) is 10.0. The fourth-order valence-corrected chi connectivity index (χ4v) is 7.46. The van der Waals surface area contributed by atoms with Crippen LogP contribution in [-0.4, -0.2) is 34.5 Å². The standard InChI is InChI=1S/C22H29FO4/c1-11-6-14-13-8-16(23)15-7-12(25)4-5-21(15,2)20(13)17(26)9-22(14,3)19(11)18(27)10-24/h4-5,11,13-14,17,19-20,24,26H,6-10H2,1-3H3/t11-,13?,14?,17+,19-,20?,21+,22+/m1/s1. The van der Waals surface area contributed by atoms with E-state index in [9.17, 15) is 19.8 Å². The molecule has 0 aromatic rings. The monoisotopic (exact) mass is 376 g/mol. The Labute approximate surface area is 159 Å². The Morgan fingerprint density at radius 3 is 2.74 bits per heavy atom. The molecule has 4 rings (SSSR count). The molecular formula is C22H29FO4. The lowest BCUT2D eigenvalue weighted by Gasteiger charge is -2.58. The third-order valence-corrected chi connectivity index (χ3v) is 8.35. The van der Waals surface area contributed by atoms with Gasteiger partial charge in [-0.25, -0.2) is 4.39 Å². The van der Waals surface area contributed by atoms with Crippen LogP contribution >= 0.6 is 0 Å². The highest BCUT2D eigenvalue weighted by molar-refractivity contribution is 5.93. The van der Waals surface area contributed by atoms with Crippen LogP contribution in [0.5, 0.6) is 0 Å². The Morgan fingerprint density at radius 1 is 1.37 bits per heavy atom. The van der Waals surface area contributed by atoms with Crippen molar-refractivity contribution in [2.24, 2.45) is 40.4 Å². The van der Waals surface area contributed by atoms with Crippen LogP contribution in [0.1, 0.15) is 46.5 Å². The quantitative estimate of drug-likeness (QED) is 0.777. The summed E-state index contributed by atoms with van der Waals surface area (Å²) in [6.07, 6.45) is 4.29. The van der Waals surface area contributed by atoms with Crippen molar-refractivity contribution in [3.8, 4) is 0 Å². The molecule has 27 heavy (non-hydrogen) atoms. The van der Waals surface area contributed by atoms with Gasteiger partial charge in [0, 0.05) is 30.1 Å². The molecule has 2 saturated carbocycles. The summed E-state index contributed by atoms with van der Waals surface area (Å²) < 4.78 is 15.1. The molecule has 2 N–H and O–H groups in total. The highest BCUT2D eigenvalue weighted by Gasteiger charge is 2.64. The van der Waals surface area contributed by atoms with E-state index in [1.165, 1.54) is 6.08 Å². The van der Waals surface area contributed by atoms with E-state index in [0.29, 0.717) is 12.0 Å². The van der Waals surface area contributed by atoms with E-state index in [4.69, 9.17) is 0 Å². The number of aliphatic hydroxyl groups is 2. The molecule has 0 aromatic heterocycles. The summed E-state index contributed by atoms with van der Waals surface area (Å²) in [4.78, 5) is 24.3. The van der Waals surface area contributed by atoms with E-state index in [0.717, 1.165) is 6.42 Å². The lowest BCUT2D eigenvalue weighted by molar-refractivity contribution is -0.141. The van der Waals surface area contributed by atoms with Crippen LogP contribution in [0.15, 0.2) is 23.6 Å². The normalized spacial score (nSPS) is 48.9. The molecule has 3 unspecified atom stereocenters. The summed E-state index contributed by atoms with van der Waals surface area (Å²) in [7, 11) is 0. The zero-order chi connectivity index (χ0) is 19.7. The van der Waals surface area contributed by atoms with E-state index in [1.54, 1.807) is 6.08 Å². The molecule has 0 aromatic carbocycles. The second-order valence-corrected chi connectivity index (χ2v) is 9.74. The van der Waals surface area contributed by atoms with Crippen molar-refractivity contribution in [3.63, 3.8) is 0 Å². The number of fused-ring (bicyclic) bond motifs is 5. The van der Waals surface area contributed by atoms with Gasteiger partial charge in [0.15, 0.2) is 11.6 Å². The summed E-state index contributed by atoms with van der Waals surface area (Å²) >= 11 is 0. The number of hydrogen-bond donors (Lipinski definition) is 2. The van der Waals surface area contributed by atoms with E-state index in [1.807, 2.05) is 20.8 Å². The summed E-state index contributed by atoms with van der Waals surface area (Å²) in [5.41, 5.74) is -0.542. The lowest BCUT2D eigenvalue weighted by Crippen LogP contribution is -2.56. The second-order valence-electron chi connectivity index (χ2n) is 9.74. The molecule has 5 heteroatoms. The zero-order valence-electron chi connectivity index (χ0n) is 16.2. The van der Waals surface area contributed by atoms with Gasteiger partial charge >= 0.3 is 0 Å². The third kappa shape index (κ3) is 2.47. The van der Waals surface area contributed by atoms with Gasteiger partial charge in [-0.3, -0.25) is 9.59 Å². The average Bonchev–Trinajstić information content (AvgIpc) is 2.85. The van der Waals surface area contributed by atoms with E-state index in [2.05, 4.69) is 0 Å². The number of ketones is 2. The third-order valence-electron chi connectivity index (χ3n) is 8.35. The fourth-order valence-electron chi connectivity index (χ4n) is 7.46. The molecule has 0 saturated heterocycles. The van der Waals surface area contributed by atoms with Crippen LogP contribution in [0.2, 0.25) is 0 Å². The van der Waals surface area contributed by atoms with E-state index in [-0.39, 0.29) is 59.8 Å². The van der Waals surface area contributed by atoms with Crippen LogP contribution in [0.3, 0.4) is 0 Å². The van der Waals surface area contributed by atoms with Gasteiger partial charge in [0.2, 0.25) is 0 Å². The summed E-state index contributed by atoms with van der Waals surface area (Å²) in [6, 6.07) is 0. The molecule has 0 radical (unpaired) electrons. The maximum Gasteiger partial charge on any atom is 0.162 e. The number of halogens is 1. The molecule has 0 spiro atoms. The lowest BCUT2D eigenvalue weighted by atomic mass is 9.47. The van der Waals surface area contributed by atoms with Crippen LogP contribution in [-0.2, 0) is 9.59 Å². The number of rotatable bonds is 2. The molecule has 2 fully saturated rings. The van der Waals surface area contributed by atoms with Gasteiger partial charge < -0.3 is 10.2 Å². The Balaban J connectivity index is 1.79. The van der Waals surface area contributed by atoms with Gasteiger partial charge in [-0.2, -0.15) is 0 Å². The highest BCUT2D eigenvalue weighted by atomic mass is 19.1. The molecule has 148 valence electrons. The Kier molecular flexibility index (Phi) is 4.28. The Morgan fingerprint density at radius 2 is 2.07 bits per heavy atom. The maximum absolute atomic E-state index is 15.1. The van der Waals surface area contributed by atoms with Gasteiger partial charge in [0.1, 0.15) is 12.4 Å². The van der Waals surface area contributed by atoms with Crippen LogP contribution in [0, 0.1) is 40.4 Å². The van der Waals surface area contributed by atoms with Crippen molar-refractivity contribution in [2.45, 2.75) is 52.6 Å². The molecule has 4 aliphatic rings. The molecule has 0 bridgehead atoms. The number of Topliss-reactive ketones (excluding diaryl/α,β-unsaturated/α-hetero) is 1. The maximum atomic E-state index is 15.1. The van der Waals surface area contributed by atoms with E-state index >= 15 is 4.39 Å². The largest absolute Gasteiger partial charge is 0.393 e. The minimum Gasteiger partial charge on any atom is -0.393 e. The summed E-state index contributed by atoms with van der Waals surface area (Å²) in [5.74, 6) is -0.750. The Hall–Kier alpha value is -1.33.